The lowest BCUT2D eigenvalue weighted by molar-refractivity contribution is 0.0946. The number of halogens is 1. The van der Waals surface area contributed by atoms with Crippen molar-refractivity contribution in [1.82, 2.24) is 15.2 Å². The summed E-state index contributed by atoms with van der Waals surface area (Å²) in [6.45, 7) is 6.73. The van der Waals surface area contributed by atoms with Crippen molar-refractivity contribution in [3.05, 3.63) is 46.7 Å². The van der Waals surface area contributed by atoms with Crippen molar-refractivity contribution in [2.45, 2.75) is 39.3 Å². The minimum Gasteiger partial charge on any atom is -0.471 e. The molecule has 2 rings (SSSR count). The first-order valence-corrected chi connectivity index (χ1v) is 7.72. The van der Waals surface area contributed by atoms with Crippen molar-refractivity contribution in [1.29, 1.82) is 0 Å². The number of benzene rings is 1. The average Bonchev–Trinajstić information content (AvgIpc) is 2.93. The second-order valence-electron chi connectivity index (χ2n) is 5.87. The summed E-state index contributed by atoms with van der Waals surface area (Å²) in [4.78, 5) is 11.4. The molecule has 0 aliphatic rings. The van der Waals surface area contributed by atoms with E-state index in [1.807, 2.05) is 17.6 Å². The first-order chi connectivity index (χ1) is 10.9. The summed E-state index contributed by atoms with van der Waals surface area (Å²) >= 11 is 5.93. The molecule has 0 unspecified atom stereocenters. The first kappa shape index (κ1) is 17.3. The van der Waals surface area contributed by atoms with Gasteiger partial charge in [-0.2, -0.15) is 5.10 Å². The van der Waals surface area contributed by atoms with Crippen LogP contribution in [0.4, 0.5) is 0 Å². The molecule has 0 aliphatic heterocycles. The fraction of sp³-hybridized carbons (Fsp3) is 0.375. The number of ether oxygens (including phenoxy) is 1. The Hall–Kier alpha value is -2.05. The van der Waals surface area contributed by atoms with E-state index in [4.69, 9.17) is 22.2 Å². The molecular formula is C16H21ClN4O2. The Bertz CT molecular complexity index is 680. The highest BCUT2D eigenvalue weighted by Crippen LogP contribution is 2.28. The summed E-state index contributed by atoms with van der Waals surface area (Å²) in [6.07, 6.45) is 2.58. The summed E-state index contributed by atoms with van der Waals surface area (Å²) in [7, 11) is 0. The normalized spacial score (nSPS) is 11.3. The molecule has 1 aromatic carbocycles. The molecule has 1 amide bonds. The molecule has 0 spiro atoms. The van der Waals surface area contributed by atoms with Crippen molar-refractivity contribution in [2.75, 3.05) is 0 Å². The third kappa shape index (κ3) is 4.03. The zero-order valence-electron chi connectivity index (χ0n) is 13.5. The third-order valence-corrected chi connectivity index (χ3v) is 4.22. The van der Waals surface area contributed by atoms with Crippen LogP contribution in [0.15, 0.2) is 30.5 Å². The molecule has 0 radical (unpaired) electrons. The standard InChI is InChI=1S/C16H21ClN4O2/c1-4-16(2,3)11-5-7-12(8-6-11)23-10-21-9-13(17)14(20-21)15(22)19-18/h5-9H,4,10,18H2,1-3H3,(H,19,22). The quantitative estimate of drug-likeness (QED) is 0.483. The van der Waals surface area contributed by atoms with Crippen LogP contribution in [0.5, 0.6) is 5.75 Å². The van der Waals surface area contributed by atoms with Crippen LogP contribution in [0.3, 0.4) is 0 Å². The van der Waals surface area contributed by atoms with Gasteiger partial charge in [0.1, 0.15) is 5.75 Å². The maximum atomic E-state index is 11.4. The molecule has 0 atom stereocenters. The number of nitrogens with zero attached hydrogens (tertiary/aromatic N) is 2. The molecule has 1 aromatic heterocycles. The predicted molar refractivity (Wildman–Crippen MR) is 89.3 cm³/mol. The minimum absolute atomic E-state index is 0.0674. The van der Waals surface area contributed by atoms with E-state index in [9.17, 15) is 4.79 Å². The molecular weight excluding hydrogens is 316 g/mol. The van der Waals surface area contributed by atoms with E-state index in [1.165, 1.54) is 16.4 Å². The molecule has 0 bridgehead atoms. The molecule has 0 fully saturated rings. The van der Waals surface area contributed by atoms with Gasteiger partial charge in [-0.05, 0) is 29.5 Å². The number of aromatic nitrogens is 2. The summed E-state index contributed by atoms with van der Waals surface area (Å²) in [6, 6.07) is 7.96. The van der Waals surface area contributed by atoms with Crippen LogP contribution >= 0.6 is 11.6 Å². The zero-order chi connectivity index (χ0) is 17.0. The number of hydrogen-bond acceptors (Lipinski definition) is 4. The van der Waals surface area contributed by atoms with Gasteiger partial charge in [-0.1, -0.05) is 44.5 Å². The van der Waals surface area contributed by atoms with Gasteiger partial charge in [0.2, 0.25) is 0 Å². The smallest absolute Gasteiger partial charge is 0.287 e. The summed E-state index contributed by atoms with van der Waals surface area (Å²) in [5.74, 6) is 5.25. The van der Waals surface area contributed by atoms with Gasteiger partial charge < -0.3 is 4.74 Å². The highest BCUT2D eigenvalue weighted by atomic mass is 35.5. The second-order valence-corrected chi connectivity index (χ2v) is 6.28. The Morgan fingerprint density at radius 1 is 1.39 bits per heavy atom. The number of carbonyl (C=O) groups is 1. The van der Waals surface area contributed by atoms with E-state index in [-0.39, 0.29) is 22.9 Å². The van der Waals surface area contributed by atoms with Gasteiger partial charge in [-0.3, -0.25) is 10.2 Å². The molecule has 0 aliphatic carbocycles. The molecule has 124 valence electrons. The molecule has 0 saturated carbocycles. The Labute approximate surface area is 140 Å². The maximum Gasteiger partial charge on any atom is 0.287 e. The highest BCUT2D eigenvalue weighted by Gasteiger charge is 2.18. The fourth-order valence-electron chi connectivity index (χ4n) is 2.03. The monoisotopic (exact) mass is 336 g/mol. The van der Waals surface area contributed by atoms with Crippen LogP contribution in [0.2, 0.25) is 5.02 Å². The maximum absolute atomic E-state index is 11.4. The number of carbonyl (C=O) groups excluding carboxylic acids is 1. The Balaban J connectivity index is 2.03. The van der Waals surface area contributed by atoms with Gasteiger partial charge in [0, 0.05) is 6.20 Å². The second kappa shape index (κ2) is 7.02. The van der Waals surface area contributed by atoms with Crippen molar-refractivity contribution < 1.29 is 9.53 Å². The zero-order valence-corrected chi connectivity index (χ0v) is 14.2. The van der Waals surface area contributed by atoms with Crippen LogP contribution in [0, 0.1) is 0 Å². The largest absolute Gasteiger partial charge is 0.471 e. The molecule has 6 nitrogen and oxygen atoms in total. The number of hydrazine groups is 1. The van der Waals surface area contributed by atoms with Crippen molar-refractivity contribution in [3.8, 4) is 5.75 Å². The van der Waals surface area contributed by atoms with E-state index < -0.39 is 5.91 Å². The highest BCUT2D eigenvalue weighted by molar-refractivity contribution is 6.33. The van der Waals surface area contributed by atoms with Crippen LogP contribution < -0.4 is 16.0 Å². The number of hydrogen-bond donors (Lipinski definition) is 2. The van der Waals surface area contributed by atoms with Gasteiger partial charge in [-0.25, -0.2) is 10.5 Å². The molecule has 3 N–H and O–H groups in total. The lowest BCUT2D eigenvalue weighted by atomic mass is 9.82. The van der Waals surface area contributed by atoms with Gasteiger partial charge in [0.15, 0.2) is 12.4 Å². The number of amides is 1. The van der Waals surface area contributed by atoms with E-state index >= 15 is 0 Å². The van der Waals surface area contributed by atoms with E-state index in [0.29, 0.717) is 0 Å². The van der Waals surface area contributed by atoms with E-state index in [0.717, 1.165) is 12.2 Å². The van der Waals surface area contributed by atoms with Gasteiger partial charge >= 0.3 is 0 Å². The average molecular weight is 337 g/mol. The van der Waals surface area contributed by atoms with E-state index in [1.54, 1.807) is 0 Å². The Morgan fingerprint density at radius 2 is 2.04 bits per heavy atom. The summed E-state index contributed by atoms with van der Waals surface area (Å²) in [5.41, 5.74) is 3.46. The predicted octanol–water partition coefficient (Wildman–Crippen LogP) is 2.86. The van der Waals surface area contributed by atoms with Crippen LogP contribution in [0.1, 0.15) is 43.2 Å². The van der Waals surface area contributed by atoms with Gasteiger partial charge in [0.25, 0.3) is 5.91 Å². The summed E-state index contributed by atoms with van der Waals surface area (Å²) < 4.78 is 7.10. The van der Waals surface area contributed by atoms with E-state index in [2.05, 4.69) is 38.0 Å². The Kier molecular flexibility index (Phi) is 5.28. The summed E-state index contributed by atoms with van der Waals surface area (Å²) in [5, 5.41) is 4.25. The number of nitrogens with one attached hydrogen (secondary N) is 1. The molecule has 2 aromatic rings. The Morgan fingerprint density at radius 3 is 2.61 bits per heavy atom. The number of nitrogen functional groups attached to an aromatic ring is 1. The van der Waals surface area contributed by atoms with Gasteiger partial charge in [0.05, 0.1) is 5.02 Å². The van der Waals surface area contributed by atoms with Crippen molar-refractivity contribution in [2.24, 2.45) is 5.84 Å². The number of rotatable bonds is 6. The topological polar surface area (TPSA) is 82.2 Å². The van der Waals surface area contributed by atoms with Gasteiger partial charge in [-0.15, -0.1) is 0 Å². The lowest BCUT2D eigenvalue weighted by Crippen LogP contribution is -2.30. The SMILES string of the molecule is CCC(C)(C)c1ccc(OCn2cc(Cl)c(C(=O)NN)n2)cc1. The third-order valence-electron chi connectivity index (χ3n) is 3.95. The van der Waals surface area contributed by atoms with Crippen LogP contribution in [-0.4, -0.2) is 15.7 Å². The number of nitrogens with two attached hydrogens (primary N) is 1. The van der Waals surface area contributed by atoms with Crippen LogP contribution in [0.25, 0.3) is 0 Å². The first-order valence-electron chi connectivity index (χ1n) is 7.34. The molecule has 1 heterocycles. The molecule has 23 heavy (non-hydrogen) atoms. The van der Waals surface area contributed by atoms with Crippen molar-refractivity contribution >= 4 is 17.5 Å². The minimum atomic E-state index is -0.542. The molecule has 0 saturated heterocycles. The lowest BCUT2D eigenvalue weighted by Gasteiger charge is -2.23. The fourth-order valence-corrected chi connectivity index (χ4v) is 2.27. The molecule has 7 heteroatoms. The van der Waals surface area contributed by atoms with Crippen molar-refractivity contribution in [3.63, 3.8) is 0 Å². The van der Waals surface area contributed by atoms with Crippen LogP contribution in [-0.2, 0) is 12.1 Å².